The van der Waals surface area contributed by atoms with Crippen LogP contribution in [-0.4, -0.2) is 36.7 Å². The molecular weight excluding hydrogens is 405 g/mol. The van der Waals surface area contributed by atoms with E-state index < -0.39 is 43.1 Å². The molecule has 12 heteroatoms. The van der Waals surface area contributed by atoms with E-state index in [-0.39, 0.29) is 6.42 Å². The van der Waals surface area contributed by atoms with Gasteiger partial charge in [-0.25, -0.2) is 0 Å². The molecule has 0 radical (unpaired) electrons. The van der Waals surface area contributed by atoms with Gasteiger partial charge in [0.15, 0.2) is 0 Å². The number of hydrogen-bond acceptors (Lipinski definition) is 1. The van der Waals surface area contributed by atoms with Gasteiger partial charge in [0.25, 0.3) is 0 Å². The van der Waals surface area contributed by atoms with Crippen molar-refractivity contribution in [1.29, 1.82) is 0 Å². The van der Waals surface area contributed by atoms with Gasteiger partial charge in [-0.2, -0.15) is 48.3 Å². The lowest BCUT2D eigenvalue weighted by atomic mass is 10.0. The van der Waals surface area contributed by atoms with Crippen molar-refractivity contribution in [1.82, 2.24) is 0 Å². The second-order valence-corrected chi connectivity index (χ2v) is 6.06. The second-order valence-electron chi connectivity index (χ2n) is 6.06. The van der Waals surface area contributed by atoms with Gasteiger partial charge in [0.05, 0.1) is 6.61 Å². The Balaban J connectivity index is 4.94. The fourth-order valence-corrected chi connectivity index (χ4v) is 2.18. The molecule has 0 aromatic heterocycles. The number of hydrogen-bond donors (Lipinski definition) is 0. The van der Waals surface area contributed by atoms with Crippen molar-refractivity contribution in [2.24, 2.45) is 0 Å². The van der Waals surface area contributed by atoms with Crippen LogP contribution >= 0.6 is 0 Å². The molecule has 0 bridgehead atoms. The van der Waals surface area contributed by atoms with E-state index in [0.717, 1.165) is 25.7 Å². The molecule has 0 aliphatic heterocycles. The Kier molecular flexibility index (Phi) is 9.31. The molecule has 0 heterocycles. The number of ether oxygens (including phenoxy) is 1. The Morgan fingerprint density at radius 1 is 0.519 bits per heavy atom. The third kappa shape index (κ3) is 6.08. The maximum absolute atomic E-state index is 13.7. The summed E-state index contributed by atoms with van der Waals surface area (Å²) in [6.45, 7) is 0.577. The van der Waals surface area contributed by atoms with Crippen LogP contribution in [-0.2, 0) is 4.74 Å². The first-order valence-electron chi connectivity index (χ1n) is 8.28. The largest absolute Gasteiger partial charge is 0.460 e. The standard InChI is InChI=1S/C15H21F11O/c1-2-3-4-5-6-7-8-9-10-27-13(20,15(24,25)26)11(16,17)12(18,19)14(21,22)23/h2-10H2,1H3. The normalized spacial score (nSPS) is 16.4. The van der Waals surface area contributed by atoms with Gasteiger partial charge in [-0.15, -0.1) is 0 Å². The zero-order chi connectivity index (χ0) is 21.6. The van der Waals surface area contributed by atoms with E-state index in [1.807, 2.05) is 6.92 Å². The van der Waals surface area contributed by atoms with Crippen LogP contribution in [0.25, 0.3) is 0 Å². The summed E-state index contributed by atoms with van der Waals surface area (Å²) in [5, 5.41) is 0. The van der Waals surface area contributed by atoms with Crippen LogP contribution < -0.4 is 0 Å². The van der Waals surface area contributed by atoms with Crippen LogP contribution in [0.1, 0.15) is 58.3 Å². The van der Waals surface area contributed by atoms with Gasteiger partial charge in [0, 0.05) is 0 Å². The third-order valence-corrected chi connectivity index (χ3v) is 3.82. The topological polar surface area (TPSA) is 9.23 Å². The van der Waals surface area contributed by atoms with Crippen LogP contribution in [0.15, 0.2) is 0 Å². The molecule has 1 nitrogen and oxygen atoms in total. The molecule has 0 aliphatic rings. The number of unbranched alkanes of at least 4 members (excludes halogenated alkanes) is 7. The lowest BCUT2D eigenvalue weighted by molar-refractivity contribution is -0.463. The van der Waals surface area contributed by atoms with E-state index >= 15 is 0 Å². The Hall–Kier alpha value is -0.810. The maximum atomic E-state index is 13.7. The Morgan fingerprint density at radius 2 is 0.926 bits per heavy atom. The van der Waals surface area contributed by atoms with Crippen LogP contribution in [0.3, 0.4) is 0 Å². The van der Waals surface area contributed by atoms with Crippen molar-refractivity contribution in [2.75, 3.05) is 6.61 Å². The van der Waals surface area contributed by atoms with Crippen molar-refractivity contribution >= 4 is 0 Å². The summed E-state index contributed by atoms with van der Waals surface area (Å²) in [5.74, 6) is -21.0. The van der Waals surface area contributed by atoms with E-state index in [9.17, 15) is 48.3 Å². The molecule has 0 N–H and O–H groups in total. The van der Waals surface area contributed by atoms with Crippen LogP contribution in [0.5, 0.6) is 0 Å². The molecule has 164 valence electrons. The first kappa shape index (κ1) is 26.2. The van der Waals surface area contributed by atoms with E-state index in [1.54, 1.807) is 0 Å². The Labute approximate surface area is 149 Å². The average Bonchev–Trinajstić information content (AvgIpc) is 2.50. The van der Waals surface area contributed by atoms with Crippen LogP contribution in [0.4, 0.5) is 48.3 Å². The lowest BCUT2D eigenvalue weighted by Gasteiger charge is -2.38. The van der Waals surface area contributed by atoms with Crippen molar-refractivity contribution < 1.29 is 53.0 Å². The molecule has 0 aromatic rings. The fraction of sp³-hybridized carbons (Fsp3) is 1.00. The van der Waals surface area contributed by atoms with Gasteiger partial charge in [-0.1, -0.05) is 51.9 Å². The van der Waals surface area contributed by atoms with Crippen molar-refractivity contribution in [2.45, 2.75) is 88.3 Å². The molecule has 0 saturated carbocycles. The monoisotopic (exact) mass is 426 g/mol. The van der Waals surface area contributed by atoms with Gasteiger partial charge in [0.2, 0.25) is 0 Å². The van der Waals surface area contributed by atoms with Gasteiger partial charge in [-0.05, 0) is 6.42 Å². The number of alkyl halides is 11. The Bertz CT molecular complexity index is 430. The minimum Gasteiger partial charge on any atom is -0.334 e. The summed E-state index contributed by atoms with van der Waals surface area (Å²) in [7, 11) is 0. The first-order valence-corrected chi connectivity index (χ1v) is 8.28. The van der Waals surface area contributed by atoms with E-state index in [1.165, 1.54) is 0 Å². The smallest absolute Gasteiger partial charge is 0.334 e. The highest BCUT2D eigenvalue weighted by atomic mass is 19.4. The zero-order valence-electron chi connectivity index (χ0n) is 14.4. The summed E-state index contributed by atoms with van der Waals surface area (Å²) in [5.41, 5.74) is 0. The summed E-state index contributed by atoms with van der Waals surface area (Å²) in [6.07, 6.45) is -9.47. The van der Waals surface area contributed by atoms with Gasteiger partial charge in [-0.3, -0.25) is 0 Å². The zero-order valence-corrected chi connectivity index (χ0v) is 14.4. The molecule has 1 unspecified atom stereocenters. The molecule has 0 aromatic carbocycles. The quantitative estimate of drug-likeness (QED) is 0.237. The van der Waals surface area contributed by atoms with Crippen molar-refractivity contribution in [3.05, 3.63) is 0 Å². The van der Waals surface area contributed by atoms with Crippen LogP contribution in [0.2, 0.25) is 0 Å². The lowest BCUT2D eigenvalue weighted by Crippen LogP contribution is -2.68. The molecule has 0 saturated heterocycles. The highest BCUT2D eigenvalue weighted by Crippen LogP contribution is 2.57. The second kappa shape index (κ2) is 9.60. The summed E-state index contributed by atoms with van der Waals surface area (Å²) < 4.78 is 143. The van der Waals surface area contributed by atoms with Crippen LogP contribution in [0, 0.1) is 0 Å². The number of halogens is 11. The molecular formula is C15H21F11O. The van der Waals surface area contributed by atoms with Crippen molar-refractivity contribution in [3.8, 4) is 0 Å². The predicted octanol–water partition coefficient (Wildman–Crippen LogP) is 7.20. The van der Waals surface area contributed by atoms with Gasteiger partial charge < -0.3 is 4.74 Å². The highest BCUT2D eigenvalue weighted by molar-refractivity contribution is 5.04. The van der Waals surface area contributed by atoms with Gasteiger partial charge in [0.1, 0.15) is 0 Å². The third-order valence-electron chi connectivity index (χ3n) is 3.82. The minimum absolute atomic E-state index is 0.112. The SMILES string of the molecule is CCCCCCCCCCOC(F)(C(F)(F)F)C(F)(F)C(F)(F)C(F)(F)F. The molecule has 27 heavy (non-hydrogen) atoms. The molecule has 0 rings (SSSR count). The fourth-order valence-electron chi connectivity index (χ4n) is 2.18. The first-order chi connectivity index (χ1) is 12.1. The van der Waals surface area contributed by atoms with E-state index in [0.29, 0.717) is 12.8 Å². The summed E-state index contributed by atoms with van der Waals surface area (Å²) in [4.78, 5) is 0. The average molecular weight is 426 g/mol. The highest BCUT2D eigenvalue weighted by Gasteiger charge is 2.87. The predicted molar refractivity (Wildman–Crippen MR) is 74.4 cm³/mol. The van der Waals surface area contributed by atoms with Gasteiger partial charge >= 0.3 is 30.1 Å². The molecule has 1 atom stereocenters. The summed E-state index contributed by atoms with van der Waals surface area (Å²) in [6, 6.07) is 0. The van der Waals surface area contributed by atoms with E-state index in [4.69, 9.17) is 0 Å². The minimum atomic E-state index is -7.29. The molecule has 0 spiro atoms. The number of rotatable bonds is 12. The molecule has 0 amide bonds. The Morgan fingerprint density at radius 3 is 1.30 bits per heavy atom. The van der Waals surface area contributed by atoms with Crippen molar-refractivity contribution in [3.63, 3.8) is 0 Å². The molecule has 0 fully saturated rings. The summed E-state index contributed by atoms with van der Waals surface area (Å²) >= 11 is 0. The maximum Gasteiger partial charge on any atom is 0.460 e. The molecule has 0 aliphatic carbocycles. The van der Waals surface area contributed by atoms with E-state index in [2.05, 4.69) is 4.74 Å².